The van der Waals surface area contributed by atoms with E-state index >= 15 is 0 Å². The summed E-state index contributed by atoms with van der Waals surface area (Å²) >= 11 is 6.34. The third-order valence-electron chi connectivity index (χ3n) is 2.33. The number of hydrogen-bond acceptors (Lipinski definition) is 0. The van der Waals surface area contributed by atoms with Gasteiger partial charge in [0, 0.05) is 8.07 Å². The van der Waals surface area contributed by atoms with E-state index in [9.17, 15) is 0 Å². The average molecular weight is 195 g/mol. The van der Waals surface area contributed by atoms with Gasteiger partial charge >= 0.3 is 0 Å². The van der Waals surface area contributed by atoms with Crippen molar-refractivity contribution in [2.24, 2.45) is 0 Å². The van der Waals surface area contributed by atoms with Crippen LogP contribution in [0.15, 0.2) is 0 Å². The summed E-state index contributed by atoms with van der Waals surface area (Å²) in [5, 5.41) is 0.807. The Hall–Kier alpha value is 0.724. The van der Waals surface area contributed by atoms with Gasteiger partial charge < -0.3 is 0 Å². The van der Waals surface area contributed by atoms with Crippen LogP contribution < -0.4 is 0 Å². The van der Waals surface area contributed by atoms with Gasteiger partial charge in [0.1, 0.15) is 0 Å². The molecule has 1 atom stereocenters. The zero-order valence-electron chi connectivity index (χ0n) is 7.96. The maximum Gasteiger partial charge on any atom is 0.150 e. The van der Waals surface area contributed by atoms with Gasteiger partial charge in [-0.05, 0) is 5.16 Å². The van der Waals surface area contributed by atoms with Crippen molar-refractivity contribution >= 4 is 26.5 Å². The van der Waals surface area contributed by atoms with E-state index in [4.69, 9.17) is 11.1 Å². The van der Waals surface area contributed by atoms with Crippen molar-refractivity contribution in [2.75, 3.05) is 0 Å². The molecule has 0 aliphatic carbocycles. The second-order valence-electron chi connectivity index (χ2n) is 4.65. The van der Waals surface area contributed by atoms with Crippen LogP contribution in [-0.2, 0) is 0 Å². The Balaban J connectivity index is 4.23. The summed E-state index contributed by atoms with van der Waals surface area (Å²) in [5.41, 5.74) is 0. The summed E-state index contributed by atoms with van der Waals surface area (Å²) in [6.45, 7) is 14.0. The normalized spacial score (nSPS) is 17.1. The molecule has 0 aliphatic rings. The monoisotopic (exact) mass is 194 g/mol. The van der Waals surface area contributed by atoms with Crippen molar-refractivity contribution in [3.63, 3.8) is 0 Å². The fourth-order valence-corrected chi connectivity index (χ4v) is 12.2. The lowest BCUT2D eigenvalue weighted by molar-refractivity contribution is 1.20. The first-order chi connectivity index (χ1) is 4.15. The van der Waals surface area contributed by atoms with E-state index in [2.05, 4.69) is 39.7 Å². The van der Waals surface area contributed by atoms with Gasteiger partial charge in [-0.1, -0.05) is 39.7 Å². The van der Waals surface area contributed by atoms with E-state index in [-0.39, 0.29) is 0 Å². The SMILES string of the molecule is CC([Si](C)(C)C)[Si](C)(C)Cl. The molecule has 0 nitrogen and oxygen atoms in total. The summed E-state index contributed by atoms with van der Waals surface area (Å²) in [7, 11) is -2.33. The molecule has 0 heterocycles. The molecule has 0 spiro atoms. The van der Waals surface area contributed by atoms with Crippen LogP contribution in [-0.4, -0.2) is 15.5 Å². The molecule has 1 unspecified atom stereocenters. The molecule has 0 aromatic heterocycles. The highest BCUT2D eigenvalue weighted by Crippen LogP contribution is 2.33. The van der Waals surface area contributed by atoms with Crippen LogP contribution in [0.1, 0.15) is 6.92 Å². The third-order valence-corrected chi connectivity index (χ3v) is 13.3. The Morgan fingerprint density at radius 3 is 1.30 bits per heavy atom. The van der Waals surface area contributed by atoms with Gasteiger partial charge in [-0.3, -0.25) is 0 Å². The standard InChI is InChI=1S/C7H19ClSi2/c1-7(9(2,3)4)10(5,6)8/h7H,1-6H3. The Morgan fingerprint density at radius 1 is 1.00 bits per heavy atom. The molecule has 0 saturated heterocycles. The van der Waals surface area contributed by atoms with Crippen LogP contribution in [0, 0.1) is 0 Å². The van der Waals surface area contributed by atoms with Gasteiger partial charge in [0.05, 0.1) is 0 Å². The molecule has 0 amide bonds. The van der Waals surface area contributed by atoms with Crippen LogP contribution in [0.2, 0.25) is 37.9 Å². The highest BCUT2D eigenvalue weighted by atomic mass is 35.6. The van der Waals surface area contributed by atoms with Gasteiger partial charge in [0.15, 0.2) is 7.38 Å². The first kappa shape index (κ1) is 10.7. The first-order valence-corrected chi connectivity index (χ1v) is 11.5. The number of rotatable bonds is 2. The number of halogens is 1. The quantitative estimate of drug-likeness (QED) is 0.465. The zero-order valence-corrected chi connectivity index (χ0v) is 10.7. The van der Waals surface area contributed by atoms with Crippen molar-refractivity contribution in [3.8, 4) is 0 Å². The smallest absolute Gasteiger partial charge is 0.150 e. The summed E-state index contributed by atoms with van der Waals surface area (Å²) in [6.07, 6.45) is 0. The van der Waals surface area contributed by atoms with E-state index in [0.29, 0.717) is 0 Å². The lowest BCUT2D eigenvalue weighted by Crippen LogP contribution is -2.40. The largest absolute Gasteiger partial charge is 0.168 e. The average Bonchev–Trinajstić information content (AvgIpc) is 1.59. The van der Waals surface area contributed by atoms with Gasteiger partial charge in [0.25, 0.3) is 0 Å². The number of hydrogen-bond donors (Lipinski definition) is 0. The van der Waals surface area contributed by atoms with Gasteiger partial charge in [-0.15, -0.1) is 0 Å². The summed E-state index contributed by atoms with van der Waals surface area (Å²) in [4.78, 5) is 0. The molecule has 0 N–H and O–H groups in total. The molecule has 0 aliphatic heterocycles. The summed E-state index contributed by atoms with van der Waals surface area (Å²) < 4.78 is 0. The topological polar surface area (TPSA) is 0 Å². The predicted molar refractivity (Wildman–Crippen MR) is 56.1 cm³/mol. The molecular formula is C7H19ClSi2. The molecule has 0 radical (unpaired) electrons. The fraction of sp³-hybridized carbons (Fsp3) is 1.00. The molecule has 3 heteroatoms. The second kappa shape index (κ2) is 2.99. The molecule has 0 rings (SSSR count). The van der Waals surface area contributed by atoms with Gasteiger partial charge in [-0.2, -0.15) is 11.1 Å². The Kier molecular flexibility index (Phi) is 3.21. The Labute approximate surface area is 71.7 Å². The molecule has 62 valence electrons. The van der Waals surface area contributed by atoms with E-state index in [1.165, 1.54) is 0 Å². The fourth-order valence-electron chi connectivity index (χ4n) is 1.03. The molecule has 0 aromatic rings. The van der Waals surface area contributed by atoms with Crippen LogP contribution in [0.4, 0.5) is 0 Å². The lowest BCUT2D eigenvalue weighted by atomic mass is 10.9. The zero-order chi connectivity index (χ0) is 8.58. The Morgan fingerprint density at radius 2 is 1.30 bits per heavy atom. The molecular weight excluding hydrogens is 176 g/mol. The van der Waals surface area contributed by atoms with Crippen LogP contribution >= 0.6 is 11.1 Å². The molecule has 0 bridgehead atoms. The summed E-state index contributed by atoms with van der Waals surface area (Å²) in [6, 6.07) is 0. The van der Waals surface area contributed by atoms with Crippen molar-refractivity contribution in [1.29, 1.82) is 0 Å². The maximum absolute atomic E-state index is 6.34. The molecule has 0 fully saturated rings. The van der Waals surface area contributed by atoms with Crippen molar-refractivity contribution in [1.82, 2.24) is 0 Å². The minimum absolute atomic E-state index is 0.807. The highest BCUT2D eigenvalue weighted by Gasteiger charge is 2.35. The third kappa shape index (κ3) is 3.21. The van der Waals surface area contributed by atoms with E-state index in [1.807, 2.05) is 0 Å². The van der Waals surface area contributed by atoms with Crippen molar-refractivity contribution in [2.45, 2.75) is 44.8 Å². The predicted octanol–water partition coefficient (Wildman–Crippen LogP) is 3.70. The highest BCUT2D eigenvalue weighted by molar-refractivity contribution is 7.24. The van der Waals surface area contributed by atoms with Crippen LogP contribution in [0.3, 0.4) is 0 Å². The maximum atomic E-state index is 6.34. The van der Waals surface area contributed by atoms with E-state index in [0.717, 1.165) is 5.16 Å². The van der Waals surface area contributed by atoms with E-state index < -0.39 is 15.5 Å². The lowest BCUT2D eigenvalue weighted by Gasteiger charge is -2.32. The minimum atomic E-state index is -1.36. The Bertz CT molecular complexity index is 95.8. The molecule has 0 saturated carbocycles. The van der Waals surface area contributed by atoms with Crippen LogP contribution in [0.25, 0.3) is 0 Å². The van der Waals surface area contributed by atoms with Crippen molar-refractivity contribution in [3.05, 3.63) is 0 Å². The van der Waals surface area contributed by atoms with Gasteiger partial charge in [-0.25, -0.2) is 0 Å². The first-order valence-electron chi connectivity index (χ1n) is 3.84. The van der Waals surface area contributed by atoms with E-state index in [1.54, 1.807) is 0 Å². The molecule has 0 aromatic carbocycles. The summed E-state index contributed by atoms with van der Waals surface area (Å²) in [5.74, 6) is 0. The van der Waals surface area contributed by atoms with Gasteiger partial charge in [0.2, 0.25) is 0 Å². The minimum Gasteiger partial charge on any atom is -0.168 e. The van der Waals surface area contributed by atoms with Crippen LogP contribution in [0.5, 0.6) is 0 Å². The van der Waals surface area contributed by atoms with Crippen molar-refractivity contribution < 1.29 is 0 Å². The second-order valence-corrected chi connectivity index (χ2v) is 17.7. The molecule has 10 heavy (non-hydrogen) atoms.